The van der Waals surface area contributed by atoms with Gasteiger partial charge in [-0.3, -0.25) is 0 Å². The van der Waals surface area contributed by atoms with Gasteiger partial charge in [0.05, 0.1) is 6.26 Å². The van der Waals surface area contributed by atoms with Crippen molar-refractivity contribution in [3.8, 4) is 0 Å². The molecule has 1 atom stereocenters. The molecular formula is C11H23N3O3S. The van der Waals surface area contributed by atoms with E-state index in [-0.39, 0.29) is 12.1 Å². The van der Waals surface area contributed by atoms with Crippen LogP contribution in [-0.4, -0.2) is 50.7 Å². The summed E-state index contributed by atoms with van der Waals surface area (Å²) in [5, 5.41) is 5.59. The number of nitrogens with zero attached hydrogens (tertiary/aromatic N) is 1. The van der Waals surface area contributed by atoms with Crippen molar-refractivity contribution in [3.05, 3.63) is 0 Å². The number of unbranched alkanes of at least 4 members (excludes halogenated alkanes) is 1. The SMILES string of the molecule is CCCCNC(=O)NC1CCCN(S(C)(=O)=O)C1. The molecule has 18 heavy (non-hydrogen) atoms. The highest BCUT2D eigenvalue weighted by Gasteiger charge is 2.26. The summed E-state index contributed by atoms with van der Waals surface area (Å²) < 4.78 is 24.3. The van der Waals surface area contributed by atoms with Crippen molar-refractivity contribution in [1.29, 1.82) is 0 Å². The lowest BCUT2D eigenvalue weighted by Crippen LogP contribution is -2.51. The number of urea groups is 1. The number of rotatable bonds is 5. The number of hydrogen-bond acceptors (Lipinski definition) is 3. The lowest BCUT2D eigenvalue weighted by Gasteiger charge is -2.31. The molecule has 106 valence electrons. The van der Waals surface area contributed by atoms with Crippen LogP contribution in [0.25, 0.3) is 0 Å². The Bertz CT molecular complexity index is 370. The Labute approximate surface area is 109 Å². The van der Waals surface area contributed by atoms with Gasteiger partial charge in [0.25, 0.3) is 0 Å². The molecule has 2 amide bonds. The Morgan fingerprint density at radius 2 is 2.17 bits per heavy atom. The molecule has 1 aliphatic heterocycles. The molecule has 1 unspecified atom stereocenters. The molecule has 0 spiro atoms. The molecule has 1 saturated heterocycles. The quantitative estimate of drug-likeness (QED) is 0.719. The van der Waals surface area contributed by atoms with E-state index in [0.29, 0.717) is 19.6 Å². The van der Waals surface area contributed by atoms with Crippen molar-refractivity contribution in [3.63, 3.8) is 0 Å². The zero-order chi connectivity index (χ0) is 13.6. The molecule has 1 fully saturated rings. The molecule has 0 aliphatic carbocycles. The molecule has 1 rings (SSSR count). The van der Waals surface area contributed by atoms with Gasteiger partial charge in [-0.1, -0.05) is 13.3 Å². The van der Waals surface area contributed by atoms with Gasteiger partial charge < -0.3 is 10.6 Å². The van der Waals surface area contributed by atoms with E-state index < -0.39 is 10.0 Å². The Morgan fingerprint density at radius 3 is 2.78 bits per heavy atom. The maximum Gasteiger partial charge on any atom is 0.315 e. The van der Waals surface area contributed by atoms with Crippen molar-refractivity contribution < 1.29 is 13.2 Å². The second kappa shape index (κ2) is 6.94. The van der Waals surface area contributed by atoms with E-state index in [2.05, 4.69) is 17.6 Å². The number of sulfonamides is 1. The first-order valence-electron chi connectivity index (χ1n) is 6.43. The van der Waals surface area contributed by atoms with E-state index in [1.165, 1.54) is 10.6 Å². The number of nitrogens with one attached hydrogen (secondary N) is 2. The van der Waals surface area contributed by atoms with E-state index in [1.807, 2.05) is 0 Å². The minimum absolute atomic E-state index is 0.0879. The van der Waals surface area contributed by atoms with Crippen molar-refractivity contribution in [2.75, 3.05) is 25.9 Å². The summed E-state index contributed by atoms with van der Waals surface area (Å²) >= 11 is 0. The Kier molecular flexibility index (Phi) is 5.87. The van der Waals surface area contributed by atoms with E-state index >= 15 is 0 Å². The summed E-state index contributed by atoms with van der Waals surface area (Å²) in [6.07, 6.45) is 4.80. The zero-order valence-electron chi connectivity index (χ0n) is 11.1. The average molecular weight is 277 g/mol. The van der Waals surface area contributed by atoms with Gasteiger partial charge in [-0.25, -0.2) is 17.5 Å². The Morgan fingerprint density at radius 1 is 1.44 bits per heavy atom. The Hall–Kier alpha value is -0.820. The van der Waals surface area contributed by atoms with Crippen molar-refractivity contribution in [1.82, 2.24) is 14.9 Å². The van der Waals surface area contributed by atoms with E-state index in [4.69, 9.17) is 0 Å². The topological polar surface area (TPSA) is 78.5 Å². The van der Waals surface area contributed by atoms with Crippen molar-refractivity contribution >= 4 is 16.1 Å². The predicted octanol–water partition coefficient (Wildman–Crippen LogP) is 0.510. The highest BCUT2D eigenvalue weighted by molar-refractivity contribution is 7.88. The van der Waals surface area contributed by atoms with Crippen LogP contribution < -0.4 is 10.6 Å². The van der Waals surface area contributed by atoms with Crippen molar-refractivity contribution in [2.45, 2.75) is 38.6 Å². The second-order valence-corrected chi connectivity index (χ2v) is 6.70. The zero-order valence-corrected chi connectivity index (χ0v) is 11.9. The highest BCUT2D eigenvalue weighted by Crippen LogP contribution is 2.12. The first-order valence-corrected chi connectivity index (χ1v) is 8.27. The molecule has 0 bridgehead atoms. The Balaban J connectivity index is 2.36. The first-order chi connectivity index (χ1) is 8.43. The van der Waals surface area contributed by atoms with Crippen LogP contribution in [0.15, 0.2) is 0 Å². The third-order valence-electron chi connectivity index (χ3n) is 3.00. The van der Waals surface area contributed by atoms with Crippen LogP contribution >= 0.6 is 0 Å². The van der Waals surface area contributed by atoms with Gasteiger partial charge in [-0.2, -0.15) is 0 Å². The van der Waals surface area contributed by atoms with E-state index in [1.54, 1.807) is 0 Å². The summed E-state index contributed by atoms with van der Waals surface area (Å²) in [5.74, 6) is 0. The summed E-state index contributed by atoms with van der Waals surface area (Å²) in [7, 11) is -3.15. The maximum atomic E-state index is 11.6. The second-order valence-electron chi connectivity index (χ2n) is 4.71. The third kappa shape index (κ3) is 5.22. The van der Waals surface area contributed by atoms with Crippen LogP contribution in [0.4, 0.5) is 4.79 Å². The number of carbonyl (C=O) groups excluding carboxylic acids is 1. The molecule has 0 aromatic carbocycles. The van der Waals surface area contributed by atoms with Crippen LogP contribution in [0, 0.1) is 0 Å². The van der Waals surface area contributed by atoms with Crippen molar-refractivity contribution in [2.24, 2.45) is 0 Å². The fraction of sp³-hybridized carbons (Fsp3) is 0.909. The molecule has 0 aromatic rings. The van der Waals surface area contributed by atoms with Gasteiger partial charge in [-0.05, 0) is 19.3 Å². The molecule has 0 aromatic heterocycles. The molecule has 6 nitrogen and oxygen atoms in total. The number of piperidine rings is 1. The summed E-state index contributed by atoms with van der Waals surface area (Å²) in [5.41, 5.74) is 0. The lowest BCUT2D eigenvalue weighted by molar-refractivity contribution is 0.226. The van der Waals surface area contributed by atoms with E-state index in [0.717, 1.165) is 25.7 Å². The molecule has 2 N–H and O–H groups in total. The number of hydrogen-bond donors (Lipinski definition) is 2. The lowest BCUT2D eigenvalue weighted by atomic mass is 10.1. The fourth-order valence-electron chi connectivity index (χ4n) is 1.98. The third-order valence-corrected chi connectivity index (χ3v) is 4.27. The monoisotopic (exact) mass is 277 g/mol. The van der Waals surface area contributed by atoms with Gasteiger partial charge in [0, 0.05) is 25.7 Å². The first kappa shape index (κ1) is 15.2. The van der Waals surface area contributed by atoms with Crippen LogP contribution in [-0.2, 0) is 10.0 Å². The van der Waals surface area contributed by atoms with Gasteiger partial charge in [0.2, 0.25) is 10.0 Å². The summed E-state index contributed by atoms with van der Waals surface area (Å²) in [6.45, 7) is 3.64. The highest BCUT2D eigenvalue weighted by atomic mass is 32.2. The molecule has 7 heteroatoms. The summed E-state index contributed by atoms with van der Waals surface area (Å²) in [6, 6.07) is -0.293. The standard InChI is InChI=1S/C11H23N3O3S/c1-3-4-7-12-11(15)13-10-6-5-8-14(9-10)18(2,16)17/h10H,3-9H2,1-2H3,(H2,12,13,15). The largest absolute Gasteiger partial charge is 0.338 e. The number of carbonyl (C=O) groups is 1. The average Bonchev–Trinajstić information content (AvgIpc) is 2.28. The molecule has 0 radical (unpaired) electrons. The van der Waals surface area contributed by atoms with E-state index in [9.17, 15) is 13.2 Å². The summed E-state index contributed by atoms with van der Waals surface area (Å²) in [4.78, 5) is 11.6. The molecule has 1 heterocycles. The molecule has 0 saturated carbocycles. The normalized spacial score (nSPS) is 21.6. The fourth-order valence-corrected chi connectivity index (χ4v) is 2.89. The maximum absolute atomic E-state index is 11.6. The minimum Gasteiger partial charge on any atom is -0.338 e. The van der Waals surface area contributed by atoms with Crippen LogP contribution in [0.3, 0.4) is 0 Å². The van der Waals surface area contributed by atoms with Crippen LogP contribution in [0.1, 0.15) is 32.6 Å². The van der Waals surface area contributed by atoms with Crippen LogP contribution in [0.2, 0.25) is 0 Å². The molecular weight excluding hydrogens is 254 g/mol. The predicted molar refractivity (Wildman–Crippen MR) is 70.9 cm³/mol. The van der Waals surface area contributed by atoms with Gasteiger partial charge in [0.1, 0.15) is 0 Å². The van der Waals surface area contributed by atoms with Crippen LogP contribution in [0.5, 0.6) is 0 Å². The minimum atomic E-state index is -3.15. The van der Waals surface area contributed by atoms with Gasteiger partial charge >= 0.3 is 6.03 Å². The van der Waals surface area contributed by atoms with Gasteiger partial charge in [-0.15, -0.1) is 0 Å². The number of amides is 2. The molecule has 1 aliphatic rings. The smallest absolute Gasteiger partial charge is 0.315 e. The van der Waals surface area contributed by atoms with Gasteiger partial charge in [0.15, 0.2) is 0 Å².